The van der Waals surface area contributed by atoms with Gasteiger partial charge in [0.15, 0.2) is 0 Å². The predicted molar refractivity (Wildman–Crippen MR) is 151 cm³/mol. The first-order chi connectivity index (χ1) is 19.9. The van der Waals surface area contributed by atoms with E-state index in [-0.39, 0.29) is 31.6 Å². The molecule has 0 radical (unpaired) electrons. The minimum atomic E-state index is -1.09. The lowest BCUT2D eigenvalue weighted by molar-refractivity contribution is -0.137. The number of rotatable bonds is 16. The second kappa shape index (κ2) is 17.0. The highest BCUT2D eigenvalue weighted by Gasteiger charge is 2.25. The summed E-state index contributed by atoms with van der Waals surface area (Å²) in [5.41, 5.74) is 7.32. The summed E-state index contributed by atoms with van der Waals surface area (Å²) in [5, 5.41) is 30.2. The molecule has 0 saturated heterocycles. The number of carbonyl (C=O) groups is 6. The molecule has 0 fully saturated rings. The largest absolute Gasteiger partial charge is 0.508 e. The van der Waals surface area contributed by atoms with Gasteiger partial charge in [-0.15, -0.1) is 0 Å². The Labute approximate surface area is 242 Å². The molecule has 3 atom stereocenters. The van der Waals surface area contributed by atoms with Gasteiger partial charge in [-0.2, -0.15) is 0 Å². The lowest BCUT2D eigenvalue weighted by atomic mass is 10.0. The van der Waals surface area contributed by atoms with Crippen LogP contribution >= 0.6 is 0 Å². The highest BCUT2D eigenvalue weighted by Crippen LogP contribution is 2.11. The van der Waals surface area contributed by atoms with Crippen LogP contribution in [0.5, 0.6) is 5.75 Å². The maximum atomic E-state index is 12.9. The molecule has 0 saturated carbocycles. The molecule has 2 rings (SSSR count). The van der Waals surface area contributed by atoms with Gasteiger partial charge in [-0.3, -0.25) is 28.8 Å². The van der Waals surface area contributed by atoms with Crippen LogP contribution in [0.1, 0.15) is 24.5 Å². The van der Waals surface area contributed by atoms with E-state index in [2.05, 4.69) is 26.6 Å². The molecule has 226 valence electrons. The van der Waals surface area contributed by atoms with E-state index in [9.17, 15) is 33.9 Å². The van der Waals surface area contributed by atoms with Crippen molar-refractivity contribution >= 4 is 35.5 Å². The Kier molecular flexibility index (Phi) is 13.4. The van der Waals surface area contributed by atoms with Crippen LogP contribution in [0.15, 0.2) is 54.6 Å². The predicted octanol–water partition coefficient (Wildman–Crippen LogP) is -1.68. The van der Waals surface area contributed by atoms with Gasteiger partial charge >= 0.3 is 5.97 Å². The van der Waals surface area contributed by atoms with Crippen molar-refractivity contribution in [3.05, 3.63) is 65.7 Å². The summed E-state index contributed by atoms with van der Waals surface area (Å²) < 4.78 is 0. The van der Waals surface area contributed by atoms with E-state index in [1.165, 1.54) is 19.1 Å². The van der Waals surface area contributed by atoms with Gasteiger partial charge in [-0.25, -0.2) is 0 Å². The molecule has 5 amide bonds. The molecule has 0 aliphatic rings. The second-order valence-electron chi connectivity index (χ2n) is 9.45. The van der Waals surface area contributed by atoms with E-state index >= 15 is 0 Å². The number of nitrogens with two attached hydrogens (primary N) is 1. The van der Waals surface area contributed by atoms with Crippen LogP contribution in [-0.2, 0) is 41.6 Å². The minimum absolute atomic E-state index is 0.0800. The minimum Gasteiger partial charge on any atom is -0.508 e. The van der Waals surface area contributed by atoms with Gasteiger partial charge in [0, 0.05) is 13.0 Å². The standard InChI is InChI=1S/C28H36N6O8/c1-17(26(40)30-12-11-25(38)39)33-28(42)22(14-18-5-3-2-4-6-18)34-24(37)16-31-23(36)15-32-27(41)21(29)13-19-7-9-20(35)10-8-19/h2-10,17,21-22,35H,11-16,29H2,1H3,(H,30,40)(H,31,36)(H,32,41)(H,33,42)(H,34,37)(H,38,39)/t17-,21-,22-/m0/s1. The summed E-state index contributed by atoms with van der Waals surface area (Å²) in [5.74, 6) is -4.18. The Balaban J connectivity index is 1.86. The monoisotopic (exact) mass is 584 g/mol. The molecule has 0 aliphatic heterocycles. The van der Waals surface area contributed by atoms with Crippen LogP contribution in [0.2, 0.25) is 0 Å². The number of phenols is 1. The molecule has 2 aromatic rings. The normalized spacial score (nSPS) is 12.6. The molecule has 9 N–H and O–H groups in total. The first-order valence-corrected chi connectivity index (χ1v) is 13.2. The summed E-state index contributed by atoms with van der Waals surface area (Å²) in [4.78, 5) is 72.8. The molecule has 14 heteroatoms. The van der Waals surface area contributed by atoms with Crippen molar-refractivity contribution in [2.24, 2.45) is 5.73 Å². The summed E-state index contributed by atoms with van der Waals surface area (Å²) in [6.07, 6.45) is -0.000582. The third-order valence-corrected chi connectivity index (χ3v) is 5.92. The number of hydrogen-bond donors (Lipinski definition) is 8. The highest BCUT2D eigenvalue weighted by atomic mass is 16.4. The zero-order valence-corrected chi connectivity index (χ0v) is 23.1. The topological polar surface area (TPSA) is 229 Å². The molecule has 0 heterocycles. The van der Waals surface area contributed by atoms with E-state index in [0.29, 0.717) is 0 Å². The Morgan fingerprint density at radius 3 is 2.00 bits per heavy atom. The molecule has 0 aromatic heterocycles. The first kappa shape index (κ1) is 33.2. The third-order valence-electron chi connectivity index (χ3n) is 5.92. The number of carbonyl (C=O) groups excluding carboxylic acids is 5. The van der Waals surface area contributed by atoms with E-state index in [1.54, 1.807) is 42.5 Å². The summed E-state index contributed by atoms with van der Waals surface area (Å²) in [7, 11) is 0. The number of aromatic hydroxyl groups is 1. The van der Waals surface area contributed by atoms with Crippen molar-refractivity contribution in [1.82, 2.24) is 26.6 Å². The number of nitrogens with one attached hydrogen (secondary N) is 5. The Morgan fingerprint density at radius 1 is 0.738 bits per heavy atom. The molecule has 14 nitrogen and oxygen atoms in total. The van der Waals surface area contributed by atoms with Crippen LogP contribution in [0.25, 0.3) is 0 Å². The molecule has 0 aliphatic carbocycles. The fourth-order valence-corrected chi connectivity index (χ4v) is 3.65. The second-order valence-corrected chi connectivity index (χ2v) is 9.45. The van der Waals surface area contributed by atoms with Gasteiger partial charge in [0.25, 0.3) is 0 Å². The zero-order chi connectivity index (χ0) is 31.1. The molecule has 2 aromatic carbocycles. The molecular formula is C28H36N6O8. The lowest BCUT2D eigenvalue weighted by Crippen LogP contribution is -2.55. The van der Waals surface area contributed by atoms with E-state index in [4.69, 9.17) is 10.8 Å². The number of phenolic OH excluding ortho intramolecular Hbond substituents is 1. The molecule has 42 heavy (non-hydrogen) atoms. The zero-order valence-electron chi connectivity index (χ0n) is 23.1. The van der Waals surface area contributed by atoms with Gasteiger partial charge in [0.1, 0.15) is 17.8 Å². The van der Waals surface area contributed by atoms with Gasteiger partial charge in [0.05, 0.1) is 25.6 Å². The van der Waals surface area contributed by atoms with Crippen molar-refractivity contribution in [1.29, 1.82) is 0 Å². The van der Waals surface area contributed by atoms with Crippen molar-refractivity contribution in [2.75, 3.05) is 19.6 Å². The number of hydrogen-bond acceptors (Lipinski definition) is 8. The van der Waals surface area contributed by atoms with Crippen LogP contribution in [0.4, 0.5) is 0 Å². The molecule has 0 unspecified atom stereocenters. The number of carboxylic acids is 1. The van der Waals surface area contributed by atoms with E-state index in [1.807, 2.05) is 0 Å². The molecule has 0 bridgehead atoms. The number of benzene rings is 2. The quantitative estimate of drug-likeness (QED) is 0.112. The number of aliphatic carboxylic acids is 1. The Bertz CT molecular complexity index is 1240. The number of carboxylic acid groups (broad SMARTS) is 1. The average molecular weight is 585 g/mol. The van der Waals surface area contributed by atoms with Crippen molar-refractivity contribution in [3.8, 4) is 5.75 Å². The van der Waals surface area contributed by atoms with Crippen LogP contribution in [0.3, 0.4) is 0 Å². The maximum absolute atomic E-state index is 12.9. The Morgan fingerprint density at radius 2 is 1.36 bits per heavy atom. The maximum Gasteiger partial charge on any atom is 0.305 e. The third kappa shape index (κ3) is 12.5. The summed E-state index contributed by atoms with van der Waals surface area (Å²) in [6.45, 7) is 0.388. The van der Waals surface area contributed by atoms with Gasteiger partial charge in [0.2, 0.25) is 29.5 Å². The fourth-order valence-electron chi connectivity index (χ4n) is 3.65. The fraction of sp³-hybridized carbons (Fsp3) is 0.357. The lowest BCUT2D eigenvalue weighted by Gasteiger charge is -2.21. The summed E-state index contributed by atoms with van der Waals surface area (Å²) in [6, 6.07) is 12.0. The smallest absolute Gasteiger partial charge is 0.305 e. The van der Waals surface area contributed by atoms with Crippen molar-refractivity contribution in [3.63, 3.8) is 0 Å². The van der Waals surface area contributed by atoms with Crippen LogP contribution in [-0.4, -0.2) is 83.5 Å². The van der Waals surface area contributed by atoms with Crippen molar-refractivity contribution in [2.45, 2.75) is 44.3 Å². The Hall–Kier alpha value is -4.98. The summed E-state index contributed by atoms with van der Waals surface area (Å²) >= 11 is 0. The highest BCUT2D eigenvalue weighted by molar-refractivity contribution is 5.94. The SMILES string of the molecule is C[C@H](NC(=O)[C@H](Cc1ccccc1)NC(=O)CNC(=O)CNC(=O)[C@@H](N)Cc1ccc(O)cc1)C(=O)NCCC(=O)O. The van der Waals surface area contributed by atoms with Crippen LogP contribution in [0, 0.1) is 0 Å². The van der Waals surface area contributed by atoms with Gasteiger partial charge in [-0.1, -0.05) is 42.5 Å². The first-order valence-electron chi connectivity index (χ1n) is 13.2. The number of amides is 5. The van der Waals surface area contributed by atoms with E-state index in [0.717, 1.165) is 11.1 Å². The molecule has 0 spiro atoms. The average Bonchev–Trinajstić information content (AvgIpc) is 2.95. The van der Waals surface area contributed by atoms with Crippen molar-refractivity contribution < 1.29 is 39.0 Å². The van der Waals surface area contributed by atoms with E-state index < -0.39 is 66.7 Å². The molecular weight excluding hydrogens is 548 g/mol. The van der Waals surface area contributed by atoms with Gasteiger partial charge in [-0.05, 0) is 36.6 Å². The van der Waals surface area contributed by atoms with Gasteiger partial charge < -0.3 is 42.5 Å². The van der Waals surface area contributed by atoms with Crippen LogP contribution < -0.4 is 32.3 Å².